The lowest BCUT2D eigenvalue weighted by Gasteiger charge is -2.09. The van der Waals surface area contributed by atoms with Gasteiger partial charge in [0.2, 0.25) is 0 Å². The van der Waals surface area contributed by atoms with E-state index in [1.807, 2.05) is 28.9 Å². The molecule has 3 heteroatoms. The molecule has 1 aromatic carbocycles. The van der Waals surface area contributed by atoms with Crippen molar-refractivity contribution in [1.29, 1.82) is 0 Å². The highest BCUT2D eigenvalue weighted by atomic mass is 16.1. The highest BCUT2D eigenvalue weighted by molar-refractivity contribution is 5.71. The summed E-state index contributed by atoms with van der Waals surface area (Å²) < 4.78 is 1.91. The summed E-state index contributed by atoms with van der Waals surface area (Å²) in [5.74, 6) is 0.361. The summed E-state index contributed by atoms with van der Waals surface area (Å²) in [6, 6.07) is 12.0. The van der Waals surface area contributed by atoms with Gasteiger partial charge < -0.3 is 0 Å². The zero-order valence-electron chi connectivity index (χ0n) is 10.1. The summed E-state index contributed by atoms with van der Waals surface area (Å²) in [6.45, 7) is 4.92. The minimum atomic E-state index is 0.361. The van der Waals surface area contributed by atoms with Gasteiger partial charge >= 0.3 is 0 Å². The van der Waals surface area contributed by atoms with Gasteiger partial charge in [0, 0.05) is 5.69 Å². The fraction of sp³-hybridized carbons (Fsp3) is 0.286. The lowest BCUT2D eigenvalue weighted by molar-refractivity contribution is 0.111. The zero-order valence-corrected chi connectivity index (χ0v) is 10.1. The topological polar surface area (TPSA) is 34.9 Å². The molecule has 1 aromatic heterocycles. The zero-order chi connectivity index (χ0) is 12.3. The first-order chi connectivity index (χ1) is 8.20. The summed E-state index contributed by atoms with van der Waals surface area (Å²) in [7, 11) is 0. The van der Waals surface area contributed by atoms with Crippen LogP contribution in [-0.2, 0) is 6.54 Å². The number of carbonyl (C=O) groups is 1. The van der Waals surface area contributed by atoms with Gasteiger partial charge in [-0.15, -0.1) is 0 Å². The van der Waals surface area contributed by atoms with Gasteiger partial charge in [-0.2, -0.15) is 5.10 Å². The van der Waals surface area contributed by atoms with Gasteiger partial charge in [-0.05, 0) is 17.5 Å². The predicted molar refractivity (Wildman–Crippen MR) is 67.2 cm³/mol. The van der Waals surface area contributed by atoms with Crippen LogP contribution in [0.15, 0.2) is 36.4 Å². The van der Waals surface area contributed by atoms with Gasteiger partial charge in [-0.3, -0.25) is 9.48 Å². The Balaban J connectivity index is 2.31. The molecule has 0 spiro atoms. The molecular formula is C14H16N2O. The van der Waals surface area contributed by atoms with E-state index >= 15 is 0 Å². The van der Waals surface area contributed by atoms with Gasteiger partial charge in [0.05, 0.1) is 6.54 Å². The second kappa shape index (κ2) is 4.95. The van der Waals surface area contributed by atoms with E-state index in [2.05, 4.69) is 31.1 Å². The lowest BCUT2D eigenvalue weighted by atomic mass is 10.1. The number of hydrogen-bond acceptors (Lipinski definition) is 2. The van der Waals surface area contributed by atoms with Gasteiger partial charge in [0.1, 0.15) is 5.69 Å². The molecule has 0 amide bonds. The second-order valence-electron chi connectivity index (χ2n) is 4.41. The van der Waals surface area contributed by atoms with Crippen molar-refractivity contribution in [3.63, 3.8) is 0 Å². The van der Waals surface area contributed by atoms with Crippen LogP contribution >= 0.6 is 0 Å². The van der Waals surface area contributed by atoms with Crippen LogP contribution in [0.5, 0.6) is 0 Å². The summed E-state index contributed by atoms with van der Waals surface area (Å²) in [5.41, 5.74) is 2.79. The fourth-order valence-electron chi connectivity index (χ4n) is 1.86. The number of carbonyl (C=O) groups excluding carboxylic acids is 1. The molecule has 0 saturated heterocycles. The Kier molecular flexibility index (Phi) is 3.38. The molecule has 0 saturated carbocycles. The maximum atomic E-state index is 10.8. The summed E-state index contributed by atoms with van der Waals surface area (Å²) in [4.78, 5) is 10.8. The van der Waals surface area contributed by atoms with Gasteiger partial charge in [0.15, 0.2) is 6.29 Å². The summed E-state index contributed by atoms with van der Waals surface area (Å²) >= 11 is 0. The number of aromatic nitrogens is 2. The fourth-order valence-corrected chi connectivity index (χ4v) is 1.86. The first kappa shape index (κ1) is 11.6. The van der Waals surface area contributed by atoms with Crippen LogP contribution < -0.4 is 0 Å². The monoisotopic (exact) mass is 228 g/mol. The minimum Gasteiger partial charge on any atom is -0.296 e. The van der Waals surface area contributed by atoms with Crippen molar-refractivity contribution in [3.05, 3.63) is 53.3 Å². The molecule has 0 atom stereocenters. The molecule has 0 bridgehead atoms. The molecule has 88 valence electrons. The molecule has 2 rings (SSSR count). The molecule has 3 nitrogen and oxygen atoms in total. The number of aldehydes is 1. The van der Waals surface area contributed by atoms with Crippen LogP contribution in [0.1, 0.15) is 41.5 Å². The van der Waals surface area contributed by atoms with Crippen molar-refractivity contribution in [2.24, 2.45) is 0 Å². The minimum absolute atomic E-state index is 0.361. The largest absolute Gasteiger partial charge is 0.296 e. The maximum absolute atomic E-state index is 10.8. The van der Waals surface area contributed by atoms with Crippen molar-refractivity contribution in [2.75, 3.05) is 0 Å². The van der Waals surface area contributed by atoms with E-state index in [4.69, 9.17) is 0 Å². The van der Waals surface area contributed by atoms with E-state index in [1.165, 1.54) is 5.56 Å². The van der Waals surface area contributed by atoms with Crippen LogP contribution in [0.25, 0.3) is 0 Å². The van der Waals surface area contributed by atoms with Crippen molar-refractivity contribution in [3.8, 4) is 0 Å². The Morgan fingerprint density at radius 2 is 2.00 bits per heavy atom. The quantitative estimate of drug-likeness (QED) is 0.754. The molecule has 0 N–H and O–H groups in total. The van der Waals surface area contributed by atoms with Crippen molar-refractivity contribution in [1.82, 2.24) is 9.78 Å². The highest BCUT2D eigenvalue weighted by Crippen LogP contribution is 2.16. The second-order valence-corrected chi connectivity index (χ2v) is 4.41. The van der Waals surface area contributed by atoms with E-state index in [0.29, 0.717) is 18.2 Å². The Bertz CT molecular complexity index is 500. The number of nitrogens with zero attached hydrogens (tertiary/aromatic N) is 2. The van der Waals surface area contributed by atoms with Gasteiger partial charge in [0.25, 0.3) is 0 Å². The van der Waals surface area contributed by atoms with Crippen LogP contribution in [0.3, 0.4) is 0 Å². The average molecular weight is 228 g/mol. The van der Waals surface area contributed by atoms with Gasteiger partial charge in [-0.25, -0.2) is 0 Å². The molecule has 0 fully saturated rings. The smallest absolute Gasteiger partial charge is 0.170 e. The lowest BCUT2D eigenvalue weighted by Crippen LogP contribution is -2.07. The normalized spacial score (nSPS) is 10.8. The average Bonchev–Trinajstić information content (AvgIpc) is 2.74. The molecule has 2 aromatic rings. The first-order valence-electron chi connectivity index (χ1n) is 5.77. The summed E-state index contributed by atoms with van der Waals surface area (Å²) in [5, 5.41) is 4.29. The maximum Gasteiger partial charge on any atom is 0.170 e. The highest BCUT2D eigenvalue weighted by Gasteiger charge is 2.10. The molecule has 0 radical (unpaired) electrons. The number of rotatable bonds is 4. The Labute approximate surface area is 101 Å². The third-order valence-corrected chi connectivity index (χ3v) is 2.72. The number of hydrogen-bond donors (Lipinski definition) is 0. The van der Waals surface area contributed by atoms with Crippen LogP contribution in [0, 0.1) is 0 Å². The first-order valence-corrected chi connectivity index (χ1v) is 5.77. The Hall–Kier alpha value is -1.90. The van der Waals surface area contributed by atoms with Crippen molar-refractivity contribution in [2.45, 2.75) is 26.3 Å². The standard InChI is InChI=1S/C14H16N2O/c1-11(2)14-8-13(10-17)15-16(14)9-12-6-4-3-5-7-12/h3-8,10-11H,9H2,1-2H3. The number of benzene rings is 1. The van der Waals surface area contributed by atoms with E-state index in [9.17, 15) is 4.79 Å². The predicted octanol–water partition coefficient (Wildman–Crippen LogP) is 2.87. The molecule has 1 heterocycles. The van der Waals surface area contributed by atoms with E-state index < -0.39 is 0 Å². The molecule has 0 aliphatic carbocycles. The summed E-state index contributed by atoms with van der Waals surface area (Å²) in [6.07, 6.45) is 0.799. The van der Waals surface area contributed by atoms with Crippen LogP contribution in [-0.4, -0.2) is 16.1 Å². The Morgan fingerprint density at radius 1 is 1.29 bits per heavy atom. The van der Waals surface area contributed by atoms with Crippen LogP contribution in [0.2, 0.25) is 0 Å². The molecule has 0 aliphatic heterocycles. The molecule has 17 heavy (non-hydrogen) atoms. The van der Waals surface area contributed by atoms with Crippen LogP contribution in [0.4, 0.5) is 0 Å². The van der Waals surface area contributed by atoms with Crippen molar-refractivity contribution < 1.29 is 4.79 Å². The SMILES string of the molecule is CC(C)c1cc(C=O)nn1Cc1ccccc1. The molecule has 0 unspecified atom stereocenters. The molecular weight excluding hydrogens is 212 g/mol. The van der Waals surface area contributed by atoms with E-state index in [-0.39, 0.29) is 0 Å². The van der Waals surface area contributed by atoms with Gasteiger partial charge in [-0.1, -0.05) is 44.2 Å². The van der Waals surface area contributed by atoms with E-state index in [1.54, 1.807) is 0 Å². The third-order valence-electron chi connectivity index (χ3n) is 2.72. The third kappa shape index (κ3) is 2.61. The molecule has 0 aliphatic rings. The van der Waals surface area contributed by atoms with Crippen molar-refractivity contribution >= 4 is 6.29 Å². The van der Waals surface area contributed by atoms with E-state index in [0.717, 1.165) is 12.0 Å². The Morgan fingerprint density at radius 3 is 2.59 bits per heavy atom.